The smallest absolute Gasteiger partial charge is 0.326 e. The normalized spacial score (nSPS) is 15.2. The Morgan fingerprint density at radius 2 is 1.44 bits per heavy atom. The van der Waals surface area contributed by atoms with Gasteiger partial charge in [0.15, 0.2) is 0 Å². The second kappa shape index (κ2) is 11.4. The minimum absolute atomic E-state index is 0.0455. The molecular weight excluding hydrogens is 378 g/mol. The summed E-state index contributed by atoms with van der Waals surface area (Å²) in [7, 11) is 0. The van der Waals surface area contributed by atoms with E-state index in [2.05, 4.69) is 28.6 Å². The van der Waals surface area contributed by atoms with Crippen LogP contribution in [0.1, 0.15) is 27.2 Å². The Labute approximate surface area is 162 Å². The van der Waals surface area contributed by atoms with Gasteiger partial charge in [0.1, 0.15) is 18.1 Å². The maximum Gasteiger partial charge on any atom is 0.326 e. The van der Waals surface area contributed by atoms with Crippen LogP contribution < -0.4 is 27.4 Å². The van der Waals surface area contributed by atoms with Gasteiger partial charge in [-0.2, -0.15) is 12.6 Å². The van der Waals surface area contributed by atoms with Crippen molar-refractivity contribution in [2.75, 3.05) is 5.75 Å². The number of carbonyl (C=O) groups excluding carboxylic acids is 4. The number of rotatable bonds is 11. The van der Waals surface area contributed by atoms with Crippen LogP contribution in [-0.4, -0.2) is 64.6 Å². The van der Waals surface area contributed by atoms with E-state index in [0.29, 0.717) is 0 Å². The van der Waals surface area contributed by atoms with E-state index in [9.17, 15) is 24.0 Å². The molecule has 0 aliphatic carbocycles. The van der Waals surface area contributed by atoms with Crippen molar-refractivity contribution in [2.45, 2.75) is 51.4 Å². The summed E-state index contributed by atoms with van der Waals surface area (Å²) in [6.07, 6.45) is -0.594. The Kier molecular flexibility index (Phi) is 10.4. The molecule has 154 valence electrons. The average molecular weight is 405 g/mol. The van der Waals surface area contributed by atoms with E-state index < -0.39 is 66.1 Å². The van der Waals surface area contributed by atoms with Gasteiger partial charge >= 0.3 is 5.97 Å². The predicted molar refractivity (Wildman–Crippen MR) is 99.6 cm³/mol. The summed E-state index contributed by atoms with van der Waals surface area (Å²) in [5, 5.41) is 16.1. The largest absolute Gasteiger partial charge is 0.480 e. The molecular formula is C15H27N5O6S. The average Bonchev–Trinajstić information content (AvgIpc) is 2.55. The molecule has 0 saturated heterocycles. The van der Waals surface area contributed by atoms with Gasteiger partial charge in [-0.05, 0) is 12.8 Å². The fourth-order valence-electron chi connectivity index (χ4n) is 1.95. The molecule has 8 N–H and O–H groups in total. The minimum atomic E-state index is -1.52. The summed E-state index contributed by atoms with van der Waals surface area (Å²) in [6, 6.07) is -4.51. The summed E-state index contributed by atoms with van der Waals surface area (Å²) in [4.78, 5) is 58.5. The van der Waals surface area contributed by atoms with Crippen molar-refractivity contribution in [1.82, 2.24) is 16.0 Å². The fourth-order valence-corrected chi connectivity index (χ4v) is 2.21. The van der Waals surface area contributed by atoms with Gasteiger partial charge in [-0.3, -0.25) is 19.2 Å². The Morgan fingerprint density at radius 1 is 0.926 bits per heavy atom. The predicted octanol–water partition coefficient (Wildman–Crippen LogP) is -2.67. The zero-order valence-electron chi connectivity index (χ0n) is 15.4. The number of carboxylic acid groups (broad SMARTS) is 1. The molecule has 0 bridgehead atoms. The molecule has 0 spiro atoms. The Bertz CT molecular complexity index is 583. The van der Waals surface area contributed by atoms with Crippen molar-refractivity contribution < 1.29 is 29.1 Å². The molecule has 4 amide bonds. The van der Waals surface area contributed by atoms with Crippen LogP contribution in [0.25, 0.3) is 0 Å². The molecule has 27 heavy (non-hydrogen) atoms. The molecule has 0 aromatic carbocycles. The molecule has 4 atom stereocenters. The topological polar surface area (TPSA) is 194 Å². The lowest BCUT2D eigenvalue weighted by molar-refractivity contribution is -0.144. The van der Waals surface area contributed by atoms with Crippen LogP contribution in [0.2, 0.25) is 0 Å². The maximum absolute atomic E-state index is 12.4. The van der Waals surface area contributed by atoms with Crippen LogP contribution in [0.15, 0.2) is 0 Å². The van der Waals surface area contributed by atoms with E-state index in [4.69, 9.17) is 16.6 Å². The van der Waals surface area contributed by atoms with Crippen molar-refractivity contribution in [1.29, 1.82) is 0 Å². The highest BCUT2D eigenvalue weighted by Gasteiger charge is 2.31. The van der Waals surface area contributed by atoms with Crippen molar-refractivity contribution >= 4 is 42.2 Å². The van der Waals surface area contributed by atoms with Gasteiger partial charge in [0.2, 0.25) is 23.6 Å². The number of thiol groups is 1. The summed E-state index contributed by atoms with van der Waals surface area (Å²) < 4.78 is 0. The van der Waals surface area contributed by atoms with Crippen molar-refractivity contribution in [3.63, 3.8) is 0 Å². The number of nitrogens with one attached hydrogen (secondary N) is 3. The lowest BCUT2D eigenvalue weighted by atomic mass is 10.0. The first-order chi connectivity index (χ1) is 12.4. The standard InChI is InChI=1S/C15H27N5O6S/c1-6(2)11(14(24)18-8(15(25)26)4-10(17)21)20-13(23)9(5-27)19-12(22)7(3)16/h6-9,11,27H,4-5,16H2,1-3H3,(H2,17,21)(H,18,24)(H,19,22)(H,20,23)(H,25,26). The molecule has 0 heterocycles. The molecule has 11 nitrogen and oxygen atoms in total. The third kappa shape index (κ3) is 8.73. The Hall–Kier alpha value is -2.34. The number of amides is 4. The van der Waals surface area contributed by atoms with Crippen molar-refractivity contribution in [3.8, 4) is 0 Å². The van der Waals surface area contributed by atoms with Gasteiger partial charge in [-0.25, -0.2) is 4.79 Å². The van der Waals surface area contributed by atoms with Gasteiger partial charge in [0.05, 0.1) is 12.5 Å². The lowest BCUT2D eigenvalue weighted by Gasteiger charge is -2.26. The third-order valence-electron chi connectivity index (χ3n) is 3.50. The van der Waals surface area contributed by atoms with Gasteiger partial charge in [-0.15, -0.1) is 0 Å². The summed E-state index contributed by atoms with van der Waals surface area (Å²) in [5.74, 6) is -4.85. The Balaban J connectivity index is 5.17. The molecule has 0 radical (unpaired) electrons. The second-order valence-electron chi connectivity index (χ2n) is 6.33. The van der Waals surface area contributed by atoms with Gasteiger partial charge in [0, 0.05) is 5.75 Å². The first kappa shape index (κ1) is 24.7. The molecule has 0 saturated carbocycles. The Morgan fingerprint density at radius 3 is 1.81 bits per heavy atom. The highest BCUT2D eigenvalue weighted by atomic mass is 32.1. The van der Waals surface area contributed by atoms with E-state index in [-0.39, 0.29) is 5.75 Å². The van der Waals surface area contributed by atoms with E-state index in [0.717, 1.165) is 0 Å². The number of hydrogen-bond acceptors (Lipinski definition) is 7. The third-order valence-corrected chi connectivity index (χ3v) is 3.86. The molecule has 0 aliphatic heterocycles. The monoisotopic (exact) mass is 405 g/mol. The SMILES string of the molecule is CC(N)C(=O)NC(CS)C(=O)NC(C(=O)NC(CC(N)=O)C(=O)O)C(C)C. The van der Waals surface area contributed by atoms with Crippen LogP contribution >= 0.6 is 12.6 Å². The molecule has 0 rings (SSSR count). The van der Waals surface area contributed by atoms with Crippen LogP contribution in [-0.2, 0) is 24.0 Å². The number of aliphatic carboxylic acids is 1. The van der Waals surface area contributed by atoms with Crippen LogP contribution in [0.5, 0.6) is 0 Å². The number of carbonyl (C=O) groups is 5. The molecule has 12 heteroatoms. The molecule has 0 aromatic rings. The van der Waals surface area contributed by atoms with E-state index in [1.165, 1.54) is 6.92 Å². The number of primary amides is 1. The molecule has 4 unspecified atom stereocenters. The molecule has 0 aromatic heterocycles. The second-order valence-corrected chi connectivity index (χ2v) is 6.70. The summed E-state index contributed by atoms with van der Waals surface area (Å²) >= 11 is 4.00. The lowest BCUT2D eigenvalue weighted by Crippen LogP contribution is -2.59. The first-order valence-corrected chi connectivity index (χ1v) is 8.82. The molecule has 0 aliphatic rings. The van der Waals surface area contributed by atoms with E-state index in [1.54, 1.807) is 13.8 Å². The zero-order valence-corrected chi connectivity index (χ0v) is 16.3. The highest BCUT2D eigenvalue weighted by Crippen LogP contribution is 2.05. The van der Waals surface area contributed by atoms with Crippen molar-refractivity contribution in [3.05, 3.63) is 0 Å². The van der Waals surface area contributed by atoms with Gasteiger partial charge in [-0.1, -0.05) is 13.8 Å². The quantitative estimate of drug-likeness (QED) is 0.182. The van der Waals surface area contributed by atoms with Gasteiger partial charge < -0.3 is 32.5 Å². The van der Waals surface area contributed by atoms with E-state index in [1.807, 2.05) is 0 Å². The zero-order chi connectivity index (χ0) is 21.3. The molecule has 0 fully saturated rings. The van der Waals surface area contributed by atoms with Crippen LogP contribution in [0.4, 0.5) is 0 Å². The van der Waals surface area contributed by atoms with Crippen LogP contribution in [0.3, 0.4) is 0 Å². The number of nitrogens with two attached hydrogens (primary N) is 2. The van der Waals surface area contributed by atoms with Crippen LogP contribution in [0, 0.1) is 5.92 Å². The van der Waals surface area contributed by atoms with E-state index >= 15 is 0 Å². The fraction of sp³-hybridized carbons (Fsp3) is 0.667. The minimum Gasteiger partial charge on any atom is -0.480 e. The van der Waals surface area contributed by atoms with Crippen molar-refractivity contribution in [2.24, 2.45) is 17.4 Å². The number of hydrogen-bond donors (Lipinski definition) is 7. The summed E-state index contributed by atoms with van der Waals surface area (Å²) in [5.41, 5.74) is 10.4. The van der Waals surface area contributed by atoms with Gasteiger partial charge in [0.25, 0.3) is 0 Å². The first-order valence-electron chi connectivity index (χ1n) is 8.19. The summed E-state index contributed by atoms with van der Waals surface area (Å²) in [6.45, 7) is 4.70. The highest BCUT2D eigenvalue weighted by molar-refractivity contribution is 7.80. The maximum atomic E-state index is 12.4. The number of carboxylic acids is 1.